The van der Waals surface area contributed by atoms with Gasteiger partial charge in [0.15, 0.2) is 0 Å². The molecule has 1 saturated heterocycles. The third-order valence-corrected chi connectivity index (χ3v) is 4.09. The summed E-state index contributed by atoms with van der Waals surface area (Å²) >= 11 is 0. The molecule has 1 fully saturated rings. The molecule has 1 atom stereocenters. The van der Waals surface area contributed by atoms with Crippen molar-refractivity contribution in [2.24, 2.45) is 0 Å². The zero-order chi connectivity index (χ0) is 15.7. The molecule has 6 heteroatoms. The van der Waals surface area contributed by atoms with Gasteiger partial charge >= 0.3 is 6.03 Å². The highest BCUT2D eigenvalue weighted by atomic mass is 16.5. The number of morpholine rings is 1. The van der Waals surface area contributed by atoms with E-state index in [1.165, 1.54) is 0 Å². The second-order valence-electron chi connectivity index (χ2n) is 6.46. The predicted octanol–water partition coefficient (Wildman–Crippen LogP) is 1.91. The molecule has 3 rings (SSSR count). The van der Waals surface area contributed by atoms with Crippen molar-refractivity contribution < 1.29 is 14.3 Å². The molecule has 3 N–H and O–H groups in total. The van der Waals surface area contributed by atoms with Gasteiger partial charge in [0, 0.05) is 30.8 Å². The number of nitrogens with zero attached hydrogens (tertiary/aromatic N) is 1. The van der Waals surface area contributed by atoms with Crippen molar-refractivity contribution >= 4 is 11.7 Å². The lowest BCUT2D eigenvalue weighted by molar-refractivity contribution is 0.0466. The first-order chi connectivity index (χ1) is 10.4. The van der Waals surface area contributed by atoms with Crippen molar-refractivity contribution in [3.05, 3.63) is 23.8 Å². The number of rotatable bonds is 1. The van der Waals surface area contributed by atoms with Gasteiger partial charge < -0.3 is 25.4 Å². The van der Waals surface area contributed by atoms with Gasteiger partial charge in [0.1, 0.15) is 11.4 Å². The van der Waals surface area contributed by atoms with Crippen LogP contribution >= 0.6 is 0 Å². The summed E-state index contributed by atoms with van der Waals surface area (Å²) < 4.78 is 11.3. The van der Waals surface area contributed by atoms with E-state index in [1.807, 2.05) is 32.0 Å². The molecule has 0 aliphatic carbocycles. The fourth-order valence-electron chi connectivity index (χ4n) is 3.01. The highest BCUT2D eigenvalue weighted by Gasteiger charge is 2.35. The smallest absolute Gasteiger partial charge is 0.318 e. The second-order valence-corrected chi connectivity index (χ2v) is 6.46. The van der Waals surface area contributed by atoms with Crippen molar-refractivity contribution in [1.82, 2.24) is 10.2 Å². The van der Waals surface area contributed by atoms with E-state index in [4.69, 9.17) is 15.2 Å². The number of anilines is 1. The Morgan fingerprint density at radius 2 is 2.09 bits per heavy atom. The van der Waals surface area contributed by atoms with Crippen LogP contribution in [0.4, 0.5) is 10.5 Å². The van der Waals surface area contributed by atoms with Crippen LogP contribution in [0.2, 0.25) is 0 Å². The molecule has 6 nitrogen and oxygen atoms in total. The van der Waals surface area contributed by atoms with Crippen LogP contribution in [0.1, 0.15) is 31.9 Å². The number of fused-ring (bicyclic) bond motifs is 1. The molecule has 2 aliphatic rings. The van der Waals surface area contributed by atoms with Gasteiger partial charge in [-0.3, -0.25) is 0 Å². The number of nitrogen functional groups attached to an aromatic ring is 1. The normalized spacial score (nSPS) is 23.4. The highest BCUT2D eigenvalue weighted by molar-refractivity contribution is 5.75. The molecule has 1 aromatic rings. The van der Waals surface area contributed by atoms with Gasteiger partial charge in [-0.05, 0) is 32.0 Å². The van der Waals surface area contributed by atoms with E-state index in [9.17, 15) is 4.79 Å². The summed E-state index contributed by atoms with van der Waals surface area (Å²) in [5, 5.41) is 3.12. The third-order valence-electron chi connectivity index (χ3n) is 4.09. The van der Waals surface area contributed by atoms with Crippen molar-refractivity contribution in [3.63, 3.8) is 0 Å². The van der Waals surface area contributed by atoms with Gasteiger partial charge in [-0.25, -0.2) is 4.79 Å². The fourth-order valence-corrected chi connectivity index (χ4v) is 3.01. The summed E-state index contributed by atoms with van der Waals surface area (Å²) in [4.78, 5) is 14.2. The minimum absolute atomic E-state index is 0.0561. The first-order valence-corrected chi connectivity index (χ1v) is 7.66. The number of carbonyl (C=O) groups is 1. The number of nitrogens with two attached hydrogens (primary N) is 1. The van der Waals surface area contributed by atoms with Crippen LogP contribution in [0.5, 0.6) is 5.75 Å². The molecule has 2 amide bonds. The largest absolute Gasteiger partial charge is 0.487 e. The SMILES string of the molecule is CC1(C)CC(NC(=O)N2CCOCC2)c2cc(N)ccc2O1. The summed E-state index contributed by atoms with van der Waals surface area (Å²) in [6.45, 7) is 6.50. The quantitative estimate of drug-likeness (QED) is 0.777. The van der Waals surface area contributed by atoms with Crippen LogP contribution in [-0.4, -0.2) is 42.8 Å². The Hall–Kier alpha value is -1.95. The Labute approximate surface area is 130 Å². The van der Waals surface area contributed by atoms with Crippen molar-refractivity contribution in [2.45, 2.75) is 31.9 Å². The van der Waals surface area contributed by atoms with E-state index in [0.29, 0.717) is 38.4 Å². The molecule has 0 aromatic heterocycles. The minimum atomic E-state index is -0.327. The topological polar surface area (TPSA) is 76.8 Å². The van der Waals surface area contributed by atoms with Crippen LogP contribution in [-0.2, 0) is 4.74 Å². The van der Waals surface area contributed by atoms with E-state index in [1.54, 1.807) is 4.90 Å². The lowest BCUT2D eigenvalue weighted by Crippen LogP contribution is -2.49. The van der Waals surface area contributed by atoms with E-state index in [2.05, 4.69) is 5.32 Å². The Morgan fingerprint density at radius 3 is 2.82 bits per heavy atom. The molecule has 1 aromatic carbocycles. The molecular weight excluding hydrogens is 282 g/mol. The molecule has 2 aliphatic heterocycles. The van der Waals surface area contributed by atoms with Gasteiger partial charge in [-0.1, -0.05) is 0 Å². The monoisotopic (exact) mass is 305 g/mol. The maximum Gasteiger partial charge on any atom is 0.318 e. The second kappa shape index (κ2) is 5.68. The molecule has 0 spiro atoms. The minimum Gasteiger partial charge on any atom is -0.487 e. The first-order valence-electron chi connectivity index (χ1n) is 7.66. The Balaban J connectivity index is 1.80. The molecule has 0 saturated carbocycles. The predicted molar refractivity (Wildman–Crippen MR) is 83.8 cm³/mol. The first kappa shape index (κ1) is 15.0. The van der Waals surface area contributed by atoms with Crippen molar-refractivity contribution in [1.29, 1.82) is 0 Å². The van der Waals surface area contributed by atoms with Gasteiger partial charge in [-0.15, -0.1) is 0 Å². The van der Waals surface area contributed by atoms with Crippen LogP contribution < -0.4 is 15.8 Å². The Kier molecular flexibility index (Phi) is 3.87. The molecule has 2 heterocycles. The zero-order valence-corrected chi connectivity index (χ0v) is 13.1. The fraction of sp³-hybridized carbons (Fsp3) is 0.562. The van der Waals surface area contributed by atoms with Gasteiger partial charge in [-0.2, -0.15) is 0 Å². The number of hydrogen-bond acceptors (Lipinski definition) is 4. The zero-order valence-electron chi connectivity index (χ0n) is 13.1. The number of ether oxygens (including phenoxy) is 2. The van der Waals surface area contributed by atoms with E-state index in [0.717, 1.165) is 11.3 Å². The molecule has 22 heavy (non-hydrogen) atoms. The van der Waals surface area contributed by atoms with Crippen molar-refractivity contribution in [3.8, 4) is 5.75 Å². The maximum absolute atomic E-state index is 12.5. The average molecular weight is 305 g/mol. The van der Waals surface area contributed by atoms with Crippen LogP contribution in [0.3, 0.4) is 0 Å². The molecule has 1 unspecified atom stereocenters. The number of urea groups is 1. The average Bonchev–Trinajstić information content (AvgIpc) is 2.48. The number of nitrogens with one attached hydrogen (secondary N) is 1. The van der Waals surface area contributed by atoms with Gasteiger partial charge in [0.25, 0.3) is 0 Å². The van der Waals surface area contributed by atoms with E-state index in [-0.39, 0.29) is 17.7 Å². The van der Waals surface area contributed by atoms with E-state index >= 15 is 0 Å². The van der Waals surface area contributed by atoms with Crippen LogP contribution in [0, 0.1) is 0 Å². The van der Waals surface area contributed by atoms with Gasteiger partial charge in [0.05, 0.1) is 19.3 Å². The summed E-state index contributed by atoms with van der Waals surface area (Å²) in [5.41, 5.74) is 7.18. The maximum atomic E-state index is 12.5. The number of amides is 2. The van der Waals surface area contributed by atoms with E-state index < -0.39 is 0 Å². The lowest BCUT2D eigenvalue weighted by atomic mass is 9.89. The number of benzene rings is 1. The highest BCUT2D eigenvalue weighted by Crippen LogP contribution is 2.40. The number of hydrogen-bond donors (Lipinski definition) is 2. The standard InChI is InChI=1S/C16H23N3O3/c1-16(2)10-13(12-9-11(17)3-4-14(12)22-16)18-15(20)19-5-7-21-8-6-19/h3-4,9,13H,5-8,10,17H2,1-2H3,(H,18,20). The molecule has 120 valence electrons. The lowest BCUT2D eigenvalue weighted by Gasteiger charge is -2.39. The van der Waals surface area contributed by atoms with Crippen LogP contribution in [0.15, 0.2) is 18.2 Å². The van der Waals surface area contributed by atoms with Gasteiger partial charge in [0.2, 0.25) is 0 Å². The number of carbonyl (C=O) groups excluding carboxylic acids is 1. The van der Waals surface area contributed by atoms with Crippen molar-refractivity contribution in [2.75, 3.05) is 32.0 Å². The third kappa shape index (κ3) is 3.11. The Bertz CT molecular complexity index is 568. The van der Waals surface area contributed by atoms with Crippen LogP contribution in [0.25, 0.3) is 0 Å². The molecule has 0 radical (unpaired) electrons. The summed E-state index contributed by atoms with van der Waals surface area (Å²) in [5.74, 6) is 0.790. The molecule has 0 bridgehead atoms. The summed E-state index contributed by atoms with van der Waals surface area (Å²) in [6.07, 6.45) is 0.708. The molecular formula is C16H23N3O3. The Morgan fingerprint density at radius 1 is 1.36 bits per heavy atom. The summed E-state index contributed by atoms with van der Waals surface area (Å²) in [6, 6.07) is 5.42. The summed E-state index contributed by atoms with van der Waals surface area (Å²) in [7, 11) is 0.